The van der Waals surface area contributed by atoms with Crippen molar-refractivity contribution in [1.29, 1.82) is 5.26 Å². The number of nitriles is 1. The third-order valence-electron chi connectivity index (χ3n) is 2.02. The van der Waals surface area contributed by atoms with Crippen molar-refractivity contribution in [2.75, 3.05) is 26.2 Å². The summed E-state index contributed by atoms with van der Waals surface area (Å²) in [5.74, 6) is 0.641. The lowest BCUT2D eigenvalue weighted by atomic mass is 10.2. The standard InChI is InChI=1S/C12H24N2O/c1-11(2)10-14(7-5-6-13)8-9-15-12(3)4/h11-12H,5,7-10H2,1-4H3. The Balaban J connectivity index is 3.75. The number of rotatable bonds is 8. The van der Waals surface area contributed by atoms with Crippen LogP contribution in [0.4, 0.5) is 0 Å². The van der Waals surface area contributed by atoms with Crippen LogP contribution in [-0.2, 0) is 4.74 Å². The van der Waals surface area contributed by atoms with Gasteiger partial charge in [-0.05, 0) is 19.8 Å². The first-order chi connectivity index (χ1) is 7.06. The SMILES string of the molecule is CC(C)CN(CCC#N)CCOC(C)C. The summed E-state index contributed by atoms with van der Waals surface area (Å²) in [5.41, 5.74) is 0. The first-order valence-electron chi connectivity index (χ1n) is 5.77. The Morgan fingerprint density at radius 3 is 2.33 bits per heavy atom. The largest absolute Gasteiger partial charge is 0.377 e. The van der Waals surface area contributed by atoms with Crippen LogP contribution in [0.5, 0.6) is 0 Å². The molecule has 0 aromatic carbocycles. The summed E-state index contributed by atoms with van der Waals surface area (Å²) in [7, 11) is 0. The third-order valence-corrected chi connectivity index (χ3v) is 2.02. The van der Waals surface area contributed by atoms with Crippen LogP contribution in [0.2, 0.25) is 0 Å². The van der Waals surface area contributed by atoms with Crippen LogP contribution in [0, 0.1) is 17.2 Å². The van der Waals surface area contributed by atoms with E-state index in [1.807, 2.05) is 13.8 Å². The van der Waals surface area contributed by atoms with Gasteiger partial charge in [-0.3, -0.25) is 4.90 Å². The molecule has 88 valence electrons. The normalized spacial score (nSPS) is 11.3. The highest BCUT2D eigenvalue weighted by atomic mass is 16.5. The van der Waals surface area contributed by atoms with Crippen molar-refractivity contribution in [3.63, 3.8) is 0 Å². The number of nitrogens with zero attached hydrogens (tertiary/aromatic N) is 2. The molecule has 0 heterocycles. The van der Waals surface area contributed by atoms with Gasteiger partial charge in [0.05, 0.1) is 18.8 Å². The maximum atomic E-state index is 8.56. The highest BCUT2D eigenvalue weighted by Gasteiger charge is 2.07. The Labute approximate surface area is 94.0 Å². The highest BCUT2D eigenvalue weighted by molar-refractivity contribution is 4.72. The molecule has 0 aliphatic heterocycles. The number of ether oxygens (including phenoxy) is 1. The van der Waals surface area contributed by atoms with Crippen molar-refractivity contribution in [3.05, 3.63) is 0 Å². The monoisotopic (exact) mass is 212 g/mol. The molecule has 0 bridgehead atoms. The second-order valence-corrected chi connectivity index (χ2v) is 4.52. The quantitative estimate of drug-likeness (QED) is 0.619. The van der Waals surface area contributed by atoms with Gasteiger partial charge in [-0.15, -0.1) is 0 Å². The molecule has 0 aliphatic carbocycles. The minimum Gasteiger partial charge on any atom is -0.377 e. The fraction of sp³-hybridized carbons (Fsp3) is 0.917. The van der Waals surface area contributed by atoms with Crippen molar-refractivity contribution in [3.8, 4) is 6.07 Å². The van der Waals surface area contributed by atoms with Crippen molar-refractivity contribution >= 4 is 0 Å². The van der Waals surface area contributed by atoms with Gasteiger partial charge < -0.3 is 4.74 Å². The lowest BCUT2D eigenvalue weighted by molar-refractivity contribution is 0.0571. The summed E-state index contributed by atoms with van der Waals surface area (Å²) in [6, 6.07) is 2.19. The smallest absolute Gasteiger partial charge is 0.0635 e. The molecule has 0 saturated heterocycles. The lowest BCUT2D eigenvalue weighted by Gasteiger charge is -2.23. The zero-order valence-corrected chi connectivity index (χ0v) is 10.5. The third kappa shape index (κ3) is 9.71. The van der Waals surface area contributed by atoms with Crippen LogP contribution in [0.15, 0.2) is 0 Å². The van der Waals surface area contributed by atoms with Gasteiger partial charge >= 0.3 is 0 Å². The Morgan fingerprint density at radius 2 is 1.87 bits per heavy atom. The van der Waals surface area contributed by atoms with E-state index in [-0.39, 0.29) is 0 Å². The van der Waals surface area contributed by atoms with E-state index in [1.54, 1.807) is 0 Å². The molecule has 3 nitrogen and oxygen atoms in total. The Kier molecular flexibility index (Phi) is 8.35. The zero-order chi connectivity index (χ0) is 11.7. The van der Waals surface area contributed by atoms with E-state index in [1.165, 1.54) is 0 Å². The second-order valence-electron chi connectivity index (χ2n) is 4.52. The van der Waals surface area contributed by atoms with Crippen molar-refractivity contribution < 1.29 is 4.74 Å². The van der Waals surface area contributed by atoms with Crippen LogP contribution in [0.1, 0.15) is 34.1 Å². The van der Waals surface area contributed by atoms with Gasteiger partial charge in [-0.1, -0.05) is 13.8 Å². The zero-order valence-electron chi connectivity index (χ0n) is 10.5. The van der Waals surface area contributed by atoms with Crippen LogP contribution >= 0.6 is 0 Å². The molecule has 0 spiro atoms. The molecule has 0 N–H and O–H groups in total. The molecule has 0 amide bonds. The molecular formula is C12H24N2O. The fourth-order valence-corrected chi connectivity index (χ4v) is 1.44. The van der Waals surface area contributed by atoms with Crippen LogP contribution < -0.4 is 0 Å². The molecule has 0 unspecified atom stereocenters. The molecule has 0 aromatic heterocycles. The lowest BCUT2D eigenvalue weighted by Crippen LogP contribution is -2.32. The fourth-order valence-electron chi connectivity index (χ4n) is 1.44. The molecule has 3 heteroatoms. The van der Waals surface area contributed by atoms with Gasteiger partial charge in [-0.2, -0.15) is 5.26 Å². The molecule has 0 rings (SSSR count). The van der Waals surface area contributed by atoms with Crippen LogP contribution in [-0.4, -0.2) is 37.2 Å². The predicted octanol–water partition coefficient (Wildman–Crippen LogP) is 2.28. The summed E-state index contributed by atoms with van der Waals surface area (Å²) >= 11 is 0. The minimum atomic E-state index is 0.293. The summed E-state index contributed by atoms with van der Waals surface area (Å²) in [4.78, 5) is 2.30. The predicted molar refractivity (Wildman–Crippen MR) is 62.6 cm³/mol. The van der Waals surface area contributed by atoms with E-state index < -0.39 is 0 Å². The average Bonchev–Trinajstić information content (AvgIpc) is 2.12. The highest BCUT2D eigenvalue weighted by Crippen LogP contribution is 2.00. The number of hydrogen-bond acceptors (Lipinski definition) is 3. The first kappa shape index (κ1) is 14.4. The average molecular weight is 212 g/mol. The van der Waals surface area contributed by atoms with Gasteiger partial charge in [0.15, 0.2) is 0 Å². The topological polar surface area (TPSA) is 36.3 Å². The van der Waals surface area contributed by atoms with Gasteiger partial charge in [-0.25, -0.2) is 0 Å². The van der Waals surface area contributed by atoms with Crippen LogP contribution in [0.25, 0.3) is 0 Å². The molecule has 0 fully saturated rings. The summed E-state index contributed by atoms with van der Waals surface area (Å²) < 4.78 is 5.51. The maximum absolute atomic E-state index is 8.56. The van der Waals surface area contributed by atoms with Crippen molar-refractivity contribution in [2.24, 2.45) is 5.92 Å². The molecule has 0 radical (unpaired) electrons. The minimum absolute atomic E-state index is 0.293. The Morgan fingerprint density at radius 1 is 1.20 bits per heavy atom. The van der Waals surface area contributed by atoms with Crippen LogP contribution in [0.3, 0.4) is 0 Å². The van der Waals surface area contributed by atoms with E-state index >= 15 is 0 Å². The summed E-state index contributed by atoms with van der Waals surface area (Å²) in [6.07, 6.45) is 0.899. The van der Waals surface area contributed by atoms with Crippen molar-refractivity contribution in [2.45, 2.75) is 40.2 Å². The molecule has 0 saturated carbocycles. The summed E-state index contributed by atoms with van der Waals surface area (Å²) in [6.45, 7) is 12.1. The van der Waals surface area contributed by atoms with E-state index in [2.05, 4.69) is 24.8 Å². The first-order valence-corrected chi connectivity index (χ1v) is 5.77. The second kappa shape index (κ2) is 8.70. The Bertz CT molecular complexity index is 185. The van der Waals surface area contributed by atoms with Gasteiger partial charge in [0.1, 0.15) is 0 Å². The molecule has 0 aromatic rings. The molecular weight excluding hydrogens is 188 g/mol. The van der Waals surface area contributed by atoms with Gasteiger partial charge in [0.2, 0.25) is 0 Å². The molecule has 15 heavy (non-hydrogen) atoms. The van der Waals surface area contributed by atoms with Gasteiger partial charge in [0, 0.05) is 26.1 Å². The van der Waals surface area contributed by atoms with Crippen molar-refractivity contribution in [1.82, 2.24) is 4.90 Å². The summed E-state index contributed by atoms with van der Waals surface area (Å²) in [5, 5.41) is 8.56. The molecule has 0 aliphatic rings. The number of hydrogen-bond donors (Lipinski definition) is 0. The maximum Gasteiger partial charge on any atom is 0.0635 e. The van der Waals surface area contributed by atoms with E-state index in [4.69, 9.17) is 10.00 Å². The van der Waals surface area contributed by atoms with E-state index in [0.29, 0.717) is 18.4 Å². The van der Waals surface area contributed by atoms with E-state index in [9.17, 15) is 0 Å². The Hall–Kier alpha value is -0.590. The molecule has 0 atom stereocenters. The van der Waals surface area contributed by atoms with E-state index in [0.717, 1.165) is 26.2 Å². The van der Waals surface area contributed by atoms with Gasteiger partial charge in [0.25, 0.3) is 0 Å².